The van der Waals surface area contributed by atoms with Gasteiger partial charge in [-0.25, -0.2) is 0 Å². The molecule has 0 aliphatic rings. The normalized spacial score (nSPS) is 12.2. The second-order valence-electron chi connectivity index (χ2n) is 3.95. The second kappa shape index (κ2) is 4.72. The predicted molar refractivity (Wildman–Crippen MR) is 65.8 cm³/mol. The zero-order chi connectivity index (χ0) is 13.2. The van der Waals surface area contributed by atoms with Gasteiger partial charge in [-0.15, -0.1) is 0 Å². The largest absolute Gasteiger partial charge is 0.418 e. The number of rotatable bonds is 2. The fourth-order valence-corrected chi connectivity index (χ4v) is 1.72. The first-order chi connectivity index (χ1) is 8.48. The van der Waals surface area contributed by atoms with Crippen LogP contribution in [0, 0.1) is 6.92 Å². The molecule has 2 aromatic rings. The highest BCUT2D eigenvalue weighted by Crippen LogP contribution is 2.32. The van der Waals surface area contributed by atoms with Crippen molar-refractivity contribution in [1.82, 2.24) is 4.57 Å². The van der Waals surface area contributed by atoms with Crippen molar-refractivity contribution < 1.29 is 13.2 Å². The Bertz CT molecular complexity index is 550. The van der Waals surface area contributed by atoms with Crippen molar-refractivity contribution in [2.24, 2.45) is 0 Å². The van der Waals surface area contributed by atoms with E-state index in [-0.39, 0.29) is 5.69 Å². The molecule has 0 saturated heterocycles. The van der Waals surface area contributed by atoms with Crippen LogP contribution in [0.1, 0.15) is 16.8 Å². The summed E-state index contributed by atoms with van der Waals surface area (Å²) in [6.45, 7) is 1.46. The maximum Gasteiger partial charge on any atom is 0.418 e. The van der Waals surface area contributed by atoms with Crippen molar-refractivity contribution in [3.63, 3.8) is 0 Å². The summed E-state index contributed by atoms with van der Waals surface area (Å²) in [5, 5.41) is 0. The Kier molecular flexibility index (Phi) is 3.28. The molecule has 0 N–H and O–H groups in total. The van der Waals surface area contributed by atoms with E-state index in [0.717, 1.165) is 11.6 Å². The van der Waals surface area contributed by atoms with Gasteiger partial charge in [0.25, 0.3) is 0 Å². The van der Waals surface area contributed by atoms with E-state index in [2.05, 4.69) is 0 Å². The summed E-state index contributed by atoms with van der Waals surface area (Å²) in [6, 6.07) is 10.5. The van der Waals surface area contributed by atoms with Crippen molar-refractivity contribution in [1.29, 1.82) is 0 Å². The standard InChI is InChI=1S/C14H12F3N/c1-11-13(14(15,16)17)8-10-18(11)9-7-12-5-3-2-4-6-12/h2-10H,1H3. The highest BCUT2D eigenvalue weighted by Gasteiger charge is 2.33. The lowest BCUT2D eigenvalue weighted by Gasteiger charge is -2.06. The molecule has 1 aromatic carbocycles. The number of alkyl halides is 3. The molecule has 18 heavy (non-hydrogen) atoms. The van der Waals surface area contributed by atoms with Crippen LogP contribution in [0.4, 0.5) is 13.2 Å². The fourth-order valence-electron chi connectivity index (χ4n) is 1.72. The lowest BCUT2D eigenvalue weighted by atomic mass is 10.2. The van der Waals surface area contributed by atoms with Crippen LogP contribution >= 0.6 is 0 Å². The van der Waals surface area contributed by atoms with Gasteiger partial charge in [0.2, 0.25) is 0 Å². The van der Waals surface area contributed by atoms with Crippen LogP contribution in [0.2, 0.25) is 0 Å². The first kappa shape index (κ1) is 12.5. The zero-order valence-electron chi connectivity index (χ0n) is 9.78. The average Bonchev–Trinajstić information content (AvgIpc) is 2.69. The molecule has 1 aromatic heterocycles. The summed E-state index contributed by atoms with van der Waals surface area (Å²) in [6.07, 6.45) is 0.514. The molecular formula is C14H12F3N. The average molecular weight is 251 g/mol. The van der Waals surface area contributed by atoms with E-state index in [4.69, 9.17) is 0 Å². The quantitative estimate of drug-likeness (QED) is 0.743. The maximum atomic E-state index is 12.6. The van der Waals surface area contributed by atoms with E-state index < -0.39 is 11.7 Å². The van der Waals surface area contributed by atoms with E-state index in [1.807, 2.05) is 30.3 Å². The highest BCUT2D eigenvalue weighted by atomic mass is 19.4. The lowest BCUT2D eigenvalue weighted by molar-refractivity contribution is -0.138. The molecule has 1 nitrogen and oxygen atoms in total. The fraction of sp³-hybridized carbons (Fsp3) is 0.143. The molecule has 1 heterocycles. The number of halogens is 3. The van der Waals surface area contributed by atoms with Gasteiger partial charge in [0.15, 0.2) is 0 Å². The van der Waals surface area contributed by atoms with Crippen LogP contribution < -0.4 is 0 Å². The third-order valence-corrected chi connectivity index (χ3v) is 2.71. The van der Waals surface area contributed by atoms with Crippen molar-refractivity contribution in [2.75, 3.05) is 0 Å². The summed E-state index contributed by atoms with van der Waals surface area (Å²) in [7, 11) is 0. The van der Waals surface area contributed by atoms with Gasteiger partial charge >= 0.3 is 6.18 Å². The van der Waals surface area contributed by atoms with Gasteiger partial charge in [0.1, 0.15) is 0 Å². The first-order valence-electron chi connectivity index (χ1n) is 5.46. The van der Waals surface area contributed by atoms with Crippen LogP contribution in [0.25, 0.3) is 12.3 Å². The molecule has 0 atom stereocenters. The van der Waals surface area contributed by atoms with Gasteiger partial charge in [0, 0.05) is 18.1 Å². The van der Waals surface area contributed by atoms with Crippen molar-refractivity contribution in [2.45, 2.75) is 13.1 Å². The molecule has 0 fully saturated rings. The minimum Gasteiger partial charge on any atom is -0.327 e. The van der Waals surface area contributed by atoms with E-state index in [1.165, 1.54) is 17.7 Å². The Morgan fingerprint density at radius 2 is 1.72 bits per heavy atom. The van der Waals surface area contributed by atoms with Crippen molar-refractivity contribution in [3.8, 4) is 0 Å². The monoisotopic (exact) mass is 251 g/mol. The van der Waals surface area contributed by atoms with Crippen LogP contribution in [0.3, 0.4) is 0 Å². The summed E-state index contributed by atoms with van der Waals surface area (Å²) >= 11 is 0. The minimum atomic E-state index is -4.30. The molecular weight excluding hydrogens is 239 g/mol. The highest BCUT2D eigenvalue weighted by molar-refractivity contribution is 5.61. The summed E-state index contributed by atoms with van der Waals surface area (Å²) in [5.41, 5.74) is 0.536. The zero-order valence-corrected chi connectivity index (χ0v) is 9.78. The molecule has 0 amide bonds. The molecule has 94 valence electrons. The van der Waals surface area contributed by atoms with Crippen molar-refractivity contribution in [3.05, 3.63) is 59.4 Å². The molecule has 2 rings (SSSR count). The Labute approximate surface area is 103 Å². The predicted octanol–water partition coefficient (Wildman–Crippen LogP) is 4.44. The molecule has 0 aliphatic carbocycles. The first-order valence-corrected chi connectivity index (χ1v) is 5.46. The van der Waals surface area contributed by atoms with E-state index in [1.54, 1.807) is 12.3 Å². The summed E-state index contributed by atoms with van der Waals surface area (Å²) in [5.74, 6) is 0. The number of hydrogen-bond donors (Lipinski definition) is 0. The summed E-state index contributed by atoms with van der Waals surface area (Å²) in [4.78, 5) is 0. The van der Waals surface area contributed by atoms with Crippen LogP contribution in [0.5, 0.6) is 0 Å². The molecule has 0 radical (unpaired) electrons. The smallest absolute Gasteiger partial charge is 0.327 e. The Morgan fingerprint density at radius 1 is 1.06 bits per heavy atom. The third-order valence-electron chi connectivity index (χ3n) is 2.71. The van der Waals surface area contributed by atoms with Crippen LogP contribution in [-0.4, -0.2) is 4.57 Å². The van der Waals surface area contributed by atoms with Gasteiger partial charge in [-0.2, -0.15) is 13.2 Å². The Morgan fingerprint density at radius 3 is 2.28 bits per heavy atom. The lowest BCUT2D eigenvalue weighted by Crippen LogP contribution is -2.06. The van der Waals surface area contributed by atoms with Gasteiger partial charge in [-0.05, 0) is 24.6 Å². The minimum absolute atomic E-state index is 0.190. The number of aromatic nitrogens is 1. The van der Waals surface area contributed by atoms with E-state index in [0.29, 0.717) is 0 Å². The SMILES string of the molecule is Cc1c(C(F)(F)F)ccn1C=Cc1ccccc1. The van der Waals surface area contributed by atoms with E-state index in [9.17, 15) is 13.2 Å². The van der Waals surface area contributed by atoms with Gasteiger partial charge in [-0.3, -0.25) is 0 Å². The molecule has 0 spiro atoms. The summed E-state index contributed by atoms with van der Waals surface area (Å²) < 4.78 is 39.2. The maximum absolute atomic E-state index is 12.6. The van der Waals surface area contributed by atoms with Gasteiger partial charge < -0.3 is 4.57 Å². The molecule has 0 aliphatic heterocycles. The third kappa shape index (κ3) is 2.64. The molecule has 0 bridgehead atoms. The molecule has 4 heteroatoms. The van der Waals surface area contributed by atoms with E-state index >= 15 is 0 Å². The molecule has 0 saturated carbocycles. The Hall–Kier alpha value is -1.97. The van der Waals surface area contributed by atoms with Crippen LogP contribution in [-0.2, 0) is 6.18 Å². The van der Waals surface area contributed by atoms with Crippen LogP contribution in [0.15, 0.2) is 42.6 Å². The molecule has 0 unspecified atom stereocenters. The number of benzene rings is 1. The Balaban J connectivity index is 2.26. The van der Waals surface area contributed by atoms with Gasteiger partial charge in [-0.1, -0.05) is 30.3 Å². The van der Waals surface area contributed by atoms with Gasteiger partial charge in [0.05, 0.1) is 5.56 Å². The second-order valence-corrected chi connectivity index (χ2v) is 3.95. The van der Waals surface area contributed by atoms with Crippen molar-refractivity contribution >= 4 is 12.3 Å². The number of hydrogen-bond acceptors (Lipinski definition) is 0. The topological polar surface area (TPSA) is 4.93 Å². The number of nitrogens with zero attached hydrogens (tertiary/aromatic N) is 1.